The number of benzene rings is 3. The lowest BCUT2D eigenvalue weighted by Crippen LogP contribution is -2.29. The van der Waals surface area contributed by atoms with Gasteiger partial charge in [0, 0.05) is 46.8 Å². The van der Waals surface area contributed by atoms with E-state index in [0.29, 0.717) is 30.2 Å². The van der Waals surface area contributed by atoms with Gasteiger partial charge in [0.1, 0.15) is 17.4 Å². The van der Waals surface area contributed by atoms with Crippen LogP contribution in [0.3, 0.4) is 0 Å². The van der Waals surface area contributed by atoms with Gasteiger partial charge in [-0.05, 0) is 42.0 Å². The third-order valence-electron chi connectivity index (χ3n) is 4.87. The number of hydrogen-bond acceptors (Lipinski definition) is 3. The molecule has 0 aromatic heterocycles. The van der Waals surface area contributed by atoms with Crippen LogP contribution in [0.1, 0.15) is 11.1 Å². The zero-order valence-electron chi connectivity index (χ0n) is 15.7. The van der Waals surface area contributed by atoms with Crippen molar-refractivity contribution >= 4 is 29.1 Å². The highest BCUT2D eigenvalue weighted by Crippen LogP contribution is 2.38. The highest BCUT2D eigenvalue weighted by Gasteiger charge is 2.20. The molecule has 2 nitrogen and oxygen atoms in total. The van der Waals surface area contributed by atoms with Gasteiger partial charge in [-0.1, -0.05) is 29.8 Å². The van der Waals surface area contributed by atoms with Gasteiger partial charge in [-0.2, -0.15) is 0 Å². The summed E-state index contributed by atoms with van der Waals surface area (Å²) in [6, 6.07) is 17.2. The summed E-state index contributed by atoms with van der Waals surface area (Å²) in [6.07, 6.45) is 0.695. The van der Waals surface area contributed by atoms with Crippen molar-refractivity contribution < 1.29 is 13.5 Å². The SMILES string of the molecule is Fc1ccc(CCOc2ccc3c(c2)N(Cc2c(F)cccc2Cl)CCS3)cc1. The predicted molar refractivity (Wildman–Crippen MR) is 115 cm³/mol. The molecule has 0 atom stereocenters. The smallest absolute Gasteiger partial charge is 0.129 e. The molecule has 0 fully saturated rings. The molecular weight excluding hydrogens is 412 g/mol. The van der Waals surface area contributed by atoms with Crippen LogP contribution in [0.15, 0.2) is 65.6 Å². The molecule has 29 heavy (non-hydrogen) atoms. The van der Waals surface area contributed by atoms with E-state index in [0.717, 1.165) is 34.2 Å². The quantitative estimate of drug-likeness (QED) is 0.451. The first-order valence-corrected chi connectivity index (χ1v) is 10.8. The monoisotopic (exact) mass is 431 g/mol. The van der Waals surface area contributed by atoms with E-state index >= 15 is 0 Å². The van der Waals surface area contributed by atoms with Crippen LogP contribution in [0.4, 0.5) is 14.5 Å². The number of hydrogen-bond donors (Lipinski definition) is 0. The lowest BCUT2D eigenvalue weighted by molar-refractivity contribution is 0.321. The second kappa shape index (κ2) is 9.06. The Hall–Kier alpha value is -2.24. The Morgan fingerprint density at radius 3 is 2.66 bits per heavy atom. The van der Waals surface area contributed by atoms with Crippen molar-refractivity contribution in [1.29, 1.82) is 0 Å². The first-order chi connectivity index (χ1) is 14.1. The van der Waals surface area contributed by atoms with E-state index in [2.05, 4.69) is 4.90 Å². The van der Waals surface area contributed by atoms with Gasteiger partial charge >= 0.3 is 0 Å². The molecule has 0 N–H and O–H groups in total. The van der Waals surface area contributed by atoms with E-state index in [1.165, 1.54) is 18.2 Å². The van der Waals surface area contributed by atoms with Crippen molar-refractivity contribution in [3.05, 3.63) is 88.4 Å². The van der Waals surface area contributed by atoms with Crippen molar-refractivity contribution in [3.63, 3.8) is 0 Å². The second-order valence-corrected chi connectivity index (χ2v) is 8.37. The van der Waals surface area contributed by atoms with Crippen LogP contribution < -0.4 is 9.64 Å². The standard InChI is InChI=1S/C23H20ClF2NOS/c24-20-2-1-3-21(26)19(20)15-27-11-13-29-23-9-8-18(14-22(23)27)28-12-10-16-4-6-17(25)7-5-16/h1-9,14H,10-13,15H2. The molecule has 0 radical (unpaired) electrons. The summed E-state index contributed by atoms with van der Waals surface area (Å²) in [4.78, 5) is 3.29. The minimum Gasteiger partial charge on any atom is -0.493 e. The van der Waals surface area contributed by atoms with Gasteiger partial charge < -0.3 is 9.64 Å². The van der Waals surface area contributed by atoms with Crippen LogP contribution in [-0.2, 0) is 13.0 Å². The van der Waals surface area contributed by atoms with Crippen LogP contribution in [-0.4, -0.2) is 18.9 Å². The lowest BCUT2D eigenvalue weighted by Gasteiger charge is -2.31. The molecule has 0 amide bonds. The van der Waals surface area contributed by atoms with Crippen molar-refractivity contribution in [2.45, 2.75) is 17.9 Å². The zero-order chi connectivity index (χ0) is 20.2. The molecule has 0 unspecified atom stereocenters. The maximum Gasteiger partial charge on any atom is 0.129 e. The number of anilines is 1. The molecule has 1 heterocycles. The molecule has 3 aromatic rings. The Morgan fingerprint density at radius 2 is 1.86 bits per heavy atom. The number of thioether (sulfide) groups is 1. The van der Waals surface area contributed by atoms with Gasteiger partial charge in [0.25, 0.3) is 0 Å². The van der Waals surface area contributed by atoms with Crippen LogP contribution >= 0.6 is 23.4 Å². The van der Waals surface area contributed by atoms with Crippen LogP contribution in [0.25, 0.3) is 0 Å². The van der Waals surface area contributed by atoms with Gasteiger partial charge in [-0.25, -0.2) is 8.78 Å². The van der Waals surface area contributed by atoms with Gasteiger partial charge in [0.2, 0.25) is 0 Å². The van der Waals surface area contributed by atoms with Crippen LogP contribution in [0.5, 0.6) is 5.75 Å². The molecule has 0 saturated carbocycles. The van der Waals surface area contributed by atoms with Crippen LogP contribution in [0, 0.1) is 11.6 Å². The summed E-state index contributed by atoms with van der Waals surface area (Å²) >= 11 is 8.01. The Labute approximate surface area is 178 Å². The molecule has 1 aliphatic heterocycles. The van der Waals surface area contributed by atoms with Gasteiger partial charge in [0.05, 0.1) is 12.3 Å². The molecule has 0 aliphatic carbocycles. The molecule has 150 valence electrons. The lowest BCUT2D eigenvalue weighted by atomic mass is 10.1. The van der Waals surface area contributed by atoms with Gasteiger partial charge in [0.15, 0.2) is 0 Å². The number of ether oxygens (including phenoxy) is 1. The average molecular weight is 432 g/mol. The molecule has 6 heteroatoms. The number of halogens is 3. The molecule has 3 aromatic carbocycles. The molecule has 0 saturated heterocycles. The van der Waals surface area contributed by atoms with Crippen molar-refractivity contribution in [2.75, 3.05) is 23.8 Å². The fourth-order valence-electron chi connectivity index (χ4n) is 3.32. The number of rotatable bonds is 6. The zero-order valence-corrected chi connectivity index (χ0v) is 17.3. The van der Waals surface area contributed by atoms with E-state index < -0.39 is 0 Å². The second-order valence-electron chi connectivity index (χ2n) is 6.82. The van der Waals surface area contributed by atoms with Crippen molar-refractivity contribution in [1.82, 2.24) is 0 Å². The number of nitrogens with zero attached hydrogens (tertiary/aromatic N) is 1. The topological polar surface area (TPSA) is 12.5 Å². The first kappa shape index (κ1) is 20.0. The third-order valence-corrected chi connectivity index (χ3v) is 6.27. The Kier molecular flexibility index (Phi) is 6.26. The molecular formula is C23H20ClF2NOS. The van der Waals surface area contributed by atoms with Crippen molar-refractivity contribution in [3.8, 4) is 5.75 Å². The normalized spacial score (nSPS) is 13.3. The highest BCUT2D eigenvalue weighted by molar-refractivity contribution is 7.99. The summed E-state index contributed by atoms with van der Waals surface area (Å²) in [6.45, 7) is 1.72. The molecule has 0 spiro atoms. The molecule has 0 bridgehead atoms. The Morgan fingerprint density at radius 1 is 1.03 bits per heavy atom. The summed E-state index contributed by atoms with van der Waals surface area (Å²) in [7, 11) is 0. The first-order valence-electron chi connectivity index (χ1n) is 9.42. The average Bonchev–Trinajstić information content (AvgIpc) is 2.72. The summed E-state index contributed by atoms with van der Waals surface area (Å²) in [5.41, 5.74) is 2.56. The van der Waals surface area contributed by atoms with E-state index in [1.807, 2.05) is 18.2 Å². The van der Waals surface area contributed by atoms with E-state index in [-0.39, 0.29) is 11.6 Å². The van der Waals surface area contributed by atoms with E-state index in [9.17, 15) is 8.78 Å². The fraction of sp³-hybridized carbons (Fsp3) is 0.217. The number of fused-ring (bicyclic) bond motifs is 1. The van der Waals surface area contributed by atoms with Crippen molar-refractivity contribution in [2.24, 2.45) is 0 Å². The fourth-order valence-corrected chi connectivity index (χ4v) is 4.57. The molecule has 4 rings (SSSR count). The van der Waals surface area contributed by atoms with E-state index in [1.54, 1.807) is 36.0 Å². The summed E-state index contributed by atoms with van der Waals surface area (Å²) < 4.78 is 33.2. The third kappa shape index (κ3) is 4.85. The van der Waals surface area contributed by atoms with Gasteiger partial charge in [-0.3, -0.25) is 0 Å². The largest absolute Gasteiger partial charge is 0.493 e. The summed E-state index contributed by atoms with van der Waals surface area (Å²) in [5.74, 6) is 1.17. The Balaban J connectivity index is 1.47. The predicted octanol–water partition coefficient (Wildman–Crippen LogP) is 6.35. The minimum atomic E-state index is -0.288. The van der Waals surface area contributed by atoms with Crippen LogP contribution in [0.2, 0.25) is 5.02 Å². The summed E-state index contributed by atoms with van der Waals surface area (Å²) in [5, 5.41) is 0.441. The van der Waals surface area contributed by atoms with E-state index in [4.69, 9.17) is 16.3 Å². The Bertz CT molecular complexity index is 976. The highest BCUT2D eigenvalue weighted by atomic mass is 35.5. The van der Waals surface area contributed by atoms with Gasteiger partial charge in [-0.15, -0.1) is 11.8 Å². The minimum absolute atomic E-state index is 0.239. The molecule has 1 aliphatic rings. The maximum absolute atomic E-state index is 14.2. The maximum atomic E-state index is 14.2.